The summed E-state index contributed by atoms with van der Waals surface area (Å²) < 4.78 is 52.9. The summed E-state index contributed by atoms with van der Waals surface area (Å²) in [5.41, 5.74) is -0.554. The van der Waals surface area contributed by atoms with Gasteiger partial charge in [-0.2, -0.15) is 18.4 Å². The number of urea groups is 1. The standard InChI is InChI=1S/C19H16F4N4O/c20-13-2-4-14(5-3-13)25-18(28)26-15-7-8-27(11-15)17-6-1-12(10-24)9-16(17)19(21,22)23/h1-6,9,15H,7-8,11H2,(H2,25,26,28). The van der Waals surface area contributed by atoms with Crippen molar-refractivity contribution < 1.29 is 22.4 Å². The molecule has 2 amide bonds. The third-order valence-corrected chi connectivity index (χ3v) is 4.40. The SMILES string of the molecule is N#Cc1ccc(N2CCC(NC(=O)Nc3ccc(F)cc3)C2)c(C(F)(F)F)c1. The molecule has 0 spiro atoms. The Morgan fingerprint density at radius 2 is 1.89 bits per heavy atom. The number of amides is 2. The van der Waals surface area contributed by atoms with Crippen LogP contribution < -0.4 is 15.5 Å². The number of carbonyl (C=O) groups excluding carboxylic acids is 1. The molecule has 0 bridgehead atoms. The molecule has 1 heterocycles. The normalized spacial score (nSPS) is 16.5. The summed E-state index contributed by atoms with van der Waals surface area (Å²) in [5.74, 6) is -0.430. The van der Waals surface area contributed by atoms with Gasteiger partial charge >= 0.3 is 12.2 Å². The Labute approximate surface area is 158 Å². The molecule has 146 valence electrons. The molecule has 2 aromatic carbocycles. The monoisotopic (exact) mass is 392 g/mol. The van der Waals surface area contributed by atoms with Gasteiger partial charge in [0.15, 0.2) is 0 Å². The number of nitrogens with zero attached hydrogens (tertiary/aromatic N) is 2. The highest BCUT2D eigenvalue weighted by Crippen LogP contribution is 2.38. The molecule has 9 heteroatoms. The van der Waals surface area contributed by atoms with E-state index in [4.69, 9.17) is 5.26 Å². The van der Waals surface area contributed by atoms with Crippen LogP contribution in [0.2, 0.25) is 0 Å². The summed E-state index contributed by atoms with van der Waals surface area (Å²) >= 11 is 0. The van der Waals surface area contributed by atoms with Crippen LogP contribution in [0.3, 0.4) is 0 Å². The van der Waals surface area contributed by atoms with Crippen LogP contribution >= 0.6 is 0 Å². The van der Waals surface area contributed by atoms with Crippen LogP contribution in [0.5, 0.6) is 0 Å². The first-order valence-corrected chi connectivity index (χ1v) is 8.45. The van der Waals surface area contributed by atoms with Gasteiger partial charge in [-0.05, 0) is 48.9 Å². The van der Waals surface area contributed by atoms with E-state index in [9.17, 15) is 22.4 Å². The summed E-state index contributed by atoms with van der Waals surface area (Å²) in [6.07, 6.45) is -4.12. The molecule has 2 N–H and O–H groups in total. The maximum Gasteiger partial charge on any atom is 0.418 e. The van der Waals surface area contributed by atoms with Crippen LogP contribution in [0.25, 0.3) is 0 Å². The Morgan fingerprint density at radius 3 is 2.54 bits per heavy atom. The zero-order valence-corrected chi connectivity index (χ0v) is 14.6. The number of benzene rings is 2. The lowest BCUT2D eigenvalue weighted by molar-refractivity contribution is -0.137. The predicted molar refractivity (Wildman–Crippen MR) is 95.3 cm³/mol. The highest BCUT2D eigenvalue weighted by atomic mass is 19.4. The number of carbonyl (C=O) groups is 1. The first kappa shape index (κ1) is 19.5. The van der Waals surface area contributed by atoms with Gasteiger partial charge in [0.05, 0.1) is 17.2 Å². The number of alkyl halides is 3. The van der Waals surface area contributed by atoms with Gasteiger partial charge in [0.25, 0.3) is 0 Å². The Hall–Kier alpha value is -3.28. The number of hydrogen-bond acceptors (Lipinski definition) is 3. The van der Waals surface area contributed by atoms with Crippen molar-refractivity contribution in [2.24, 2.45) is 0 Å². The summed E-state index contributed by atoms with van der Waals surface area (Å²) in [7, 11) is 0. The van der Waals surface area contributed by atoms with Crippen LogP contribution in [0.15, 0.2) is 42.5 Å². The average Bonchev–Trinajstić information content (AvgIpc) is 3.10. The van der Waals surface area contributed by atoms with Crippen LogP contribution in [-0.4, -0.2) is 25.2 Å². The maximum atomic E-state index is 13.4. The molecular formula is C19H16F4N4O. The van der Waals surface area contributed by atoms with E-state index >= 15 is 0 Å². The molecule has 1 aliphatic rings. The van der Waals surface area contributed by atoms with Crippen LogP contribution in [0.4, 0.5) is 33.7 Å². The van der Waals surface area contributed by atoms with Crippen LogP contribution in [0.1, 0.15) is 17.5 Å². The highest BCUT2D eigenvalue weighted by molar-refractivity contribution is 5.89. The lowest BCUT2D eigenvalue weighted by Gasteiger charge is -2.23. The Kier molecular flexibility index (Phi) is 5.40. The van der Waals surface area contributed by atoms with Gasteiger partial charge in [0, 0.05) is 30.5 Å². The fraction of sp³-hybridized carbons (Fsp3) is 0.263. The minimum absolute atomic E-state index is 0.0188. The van der Waals surface area contributed by atoms with E-state index < -0.39 is 23.6 Å². The van der Waals surface area contributed by atoms with E-state index in [1.165, 1.54) is 41.3 Å². The Bertz CT molecular complexity index is 906. The topological polar surface area (TPSA) is 68.2 Å². The average molecular weight is 392 g/mol. The van der Waals surface area contributed by atoms with Crippen molar-refractivity contribution in [1.82, 2.24) is 5.32 Å². The first-order chi connectivity index (χ1) is 13.3. The molecule has 1 unspecified atom stereocenters. The van der Waals surface area contributed by atoms with Crippen molar-refractivity contribution in [3.05, 3.63) is 59.4 Å². The molecular weight excluding hydrogens is 376 g/mol. The third kappa shape index (κ3) is 4.52. The number of nitriles is 1. The fourth-order valence-corrected chi connectivity index (χ4v) is 3.09. The molecule has 0 radical (unpaired) electrons. The molecule has 1 saturated heterocycles. The third-order valence-electron chi connectivity index (χ3n) is 4.40. The van der Waals surface area contributed by atoms with Crippen molar-refractivity contribution >= 4 is 17.4 Å². The molecule has 0 aromatic heterocycles. The second kappa shape index (κ2) is 7.76. The fourth-order valence-electron chi connectivity index (χ4n) is 3.09. The second-order valence-corrected chi connectivity index (χ2v) is 6.38. The minimum Gasteiger partial charge on any atom is -0.369 e. The van der Waals surface area contributed by atoms with E-state index in [0.717, 1.165) is 6.07 Å². The Balaban J connectivity index is 1.66. The van der Waals surface area contributed by atoms with E-state index in [2.05, 4.69) is 10.6 Å². The largest absolute Gasteiger partial charge is 0.418 e. The first-order valence-electron chi connectivity index (χ1n) is 8.45. The number of anilines is 2. The zero-order chi connectivity index (χ0) is 20.3. The summed E-state index contributed by atoms with van der Waals surface area (Å²) in [5, 5.41) is 14.1. The smallest absolute Gasteiger partial charge is 0.369 e. The van der Waals surface area contributed by atoms with E-state index in [1.807, 2.05) is 0 Å². The van der Waals surface area contributed by atoms with Gasteiger partial charge in [-0.15, -0.1) is 0 Å². The zero-order valence-electron chi connectivity index (χ0n) is 14.6. The lowest BCUT2D eigenvalue weighted by atomic mass is 10.1. The van der Waals surface area contributed by atoms with Crippen LogP contribution in [0, 0.1) is 17.1 Å². The minimum atomic E-state index is -4.59. The molecule has 1 aliphatic heterocycles. The van der Waals surface area contributed by atoms with Crippen molar-refractivity contribution in [3.8, 4) is 6.07 Å². The molecule has 3 rings (SSSR count). The molecule has 5 nitrogen and oxygen atoms in total. The quantitative estimate of drug-likeness (QED) is 0.773. The van der Waals surface area contributed by atoms with Crippen molar-refractivity contribution in [3.63, 3.8) is 0 Å². The van der Waals surface area contributed by atoms with Crippen molar-refractivity contribution in [1.29, 1.82) is 5.26 Å². The van der Waals surface area contributed by atoms with Gasteiger partial charge in [0.1, 0.15) is 5.82 Å². The summed E-state index contributed by atoms with van der Waals surface area (Å²) in [4.78, 5) is 13.6. The van der Waals surface area contributed by atoms with Crippen molar-refractivity contribution in [2.45, 2.75) is 18.6 Å². The molecule has 1 atom stereocenters. The van der Waals surface area contributed by atoms with E-state index in [0.29, 0.717) is 18.7 Å². The number of hydrogen-bond donors (Lipinski definition) is 2. The lowest BCUT2D eigenvalue weighted by Crippen LogP contribution is -2.39. The van der Waals surface area contributed by atoms with Gasteiger partial charge in [-0.25, -0.2) is 9.18 Å². The van der Waals surface area contributed by atoms with Gasteiger partial charge in [0.2, 0.25) is 0 Å². The molecule has 2 aromatic rings. The van der Waals surface area contributed by atoms with Gasteiger partial charge in [-0.3, -0.25) is 0 Å². The molecule has 1 fully saturated rings. The number of rotatable bonds is 3. The summed E-state index contributed by atoms with van der Waals surface area (Å²) in [6.45, 7) is 0.530. The number of halogens is 4. The van der Waals surface area contributed by atoms with Gasteiger partial charge in [-0.1, -0.05) is 0 Å². The van der Waals surface area contributed by atoms with Crippen molar-refractivity contribution in [2.75, 3.05) is 23.3 Å². The maximum absolute atomic E-state index is 13.4. The molecule has 0 saturated carbocycles. The molecule has 28 heavy (non-hydrogen) atoms. The second-order valence-electron chi connectivity index (χ2n) is 6.38. The Morgan fingerprint density at radius 1 is 1.18 bits per heavy atom. The molecule has 0 aliphatic carbocycles. The van der Waals surface area contributed by atoms with E-state index in [1.54, 1.807) is 6.07 Å². The summed E-state index contributed by atoms with van der Waals surface area (Å²) in [6, 6.07) is 9.51. The highest BCUT2D eigenvalue weighted by Gasteiger charge is 2.37. The van der Waals surface area contributed by atoms with Crippen LogP contribution in [-0.2, 0) is 6.18 Å². The predicted octanol–water partition coefficient (Wildman–Crippen LogP) is 4.12. The number of nitrogens with one attached hydrogen (secondary N) is 2. The van der Waals surface area contributed by atoms with E-state index in [-0.39, 0.29) is 23.8 Å². The van der Waals surface area contributed by atoms with Gasteiger partial charge < -0.3 is 15.5 Å².